The zero-order chi connectivity index (χ0) is 12.6. The Bertz CT molecular complexity index is 698. The van der Waals surface area contributed by atoms with E-state index >= 15 is 0 Å². The van der Waals surface area contributed by atoms with E-state index in [0.29, 0.717) is 5.56 Å². The quantitative estimate of drug-likeness (QED) is 0.769. The lowest BCUT2D eigenvalue weighted by atomic mass is 10.2. The second-order valence-corrected chi connectivity index (χ2v) is 4.88. The third kappa shape index (κ3) is 2.02. The van der Waals surface area contributed by atoms with Gasteiger partial charge < -0.3 is 0 Å². The second-order valence-electron chi connectivity index (χ2n) is 3.52. The number of aromatic amines is 1. The van der Waals surface area contributed by atoms with E-state index in [2.05, 4.69) is 5.10 Å². The summed E-state index contributed by atoms with van der Waals surface area (Å²) in [6.07, 6.45) is 0. The summed E-state index contributed by atoms with van der Waals surface area (Å²) < 4.78 is 32.4. The van der Waals surface area contributed by atoms with Crippen molar-refractivity contribution in [1.29, 1.82) is 0 Å². The van der Waals surface area contributed by atoms with Gasteiger partial charge in [0.05, 0.1) is 5.69 Å². The first-order valence-electron chi connectivity index (χ1n) is 4.73. The maximum Gasteiger partial charge on any atom is 0.302 e. The van der Waals surface area contributed by atoms with Crippen molar-refractivity contribution >= 4 is 10.1 Å². The monoisotopic (exact) mass is 254 g/mol. The number of aromatic nitrogens is 2. The molecule has 2 rings (SSSR count). The van der Waals surface area contributed by atoms with Gasteiger partial charge >= 0.3 is 10.1 Å². The van der Waals surface area contributed by atoms with E-state index in [1.807, 2.05) is 0 Å². The van der Waals surface area contributed by atoms with Gasteiger partial charge in [0.25, 0.3) is 5.56 Å². The summed E-state index contributed by atoms with van der Waals surface area (Å²) in [4.78, 5) is 11.0. The van der Waals surface area contributed by atoms with Crippen LogP contribution >= 0.6 is 0 Å². The second kappa shape index (κ2) is 3.86. The van der Waals surface area contributed by atoms with Crippen LogP contribution in [0.5, 0.6) is 0 Å². The van der Waals surface area contributed by atoms with Crippen molar-refractivity contribution in [2.24, 2.45) is 7.05 Å². The molecule has 0 atom stereocenters. The van der Waals surface area contributed by atoms with Crippen LogP contribution in [0.15, 0.2) is 40.0 Å². The van der Waals surface area contributed by atoms with Gasteiger partial charge in [0.2, 0.25) is 0 Å². The minimum atomic E-state index is -4.56. The average molecular weight is 254 g/mol. The van der Waals surface area contributed by atoms with Crippen LogP contribution in [0.2, 0.25) is 0 Å². The van der Waals surface area contributed by atoms with Gasteiger partial charge in [0.15, 0.2) is 4.90 Å². The Hall–Kier alpha value is -1.86. The molecule has 0 aliphatic heterocycles. The maximum absolute atomic E-state index is 11.6. The van der Waals surface area contributed by atoms with E-state index in [1.165, 1.54) is 7.05 Å². The van der Waals surface area contributed by atoms with Crippen LogP contribution in [0.3, 0.4) is 0 Å². The smallest absolute Gasteiger partial charge is 0.294 e. The molecule has 2 aromatic rings. The molecular weight excluding hydrogens is 244 g/mol. The van der Waals surface area contributed by atoms with Gasteiger partial charge in [-0.05, 0) is 0 Å². The molecule has 7 heteroatoms. The molecular formula is C10H10N2O4S. The molecule has 0 bridgehead atoms. The first-order chi connectivity index (χ1) is 7.91. The third-order valence-corrected chi connectivity index (χ3v) is 3.22. The highest BCUT2D eigenvalue weighted by molar-refractivity contribution is 7.86. The van der Waals surface area contributed by atoms with Crippen LogP contribution in [0.25, 0.3) is 11.3 Å². The predicted octanol–water partition coefficient (Wildman–Crippen LogP) is 0.627. The Morgan fingerprint density at radius 3 is 2.35 bits per heavy atom. The molecule has 1 aromatic heterocycles. The molecule has 1 heterocycles. The van der Waals surface area contributed by atoms with Crippen LogP contribution in [0.4, 0.5) is 0 Å². The number of rotatable bonds is 2. The topological polar surface area (TPSA) is 92.2 Å². The van der Waals surface area contributed by atoms with Crippen molar-refractivity contribution < 1.29 is 13.0 Å². The Balaban J connectivity index is 2.81. The lowest BCUT2D eigenvalue weighted by Crippen LogP contribution is -2.18. The van der Waals surface area contributed by atoms with Gasteiger partial charge in [-0.15, -0.1) is 0 Å². The molecule has 1 aromatic carbocycles. The number of hydrogen-bond acceptors (Lipinski definition) is 3. The third-order valence-electron chi connectivity index (χ3n) is 2.33. The van der Waals surface area contributed by atoms with Gasteiger partial charge in [-0.3, -0.25) is 19.1 Å². The maximum atomic E-state index is 11.6. The first kappa shape index (κ1) is 11.6. The SMILES string of the molecule is Cn1[nH]c(-c2ccccc2)c(S(=O)(=O)O)c1=O. The molecule has 0 radical (unpaired) electrons. The molecule has 0 aliphatic rings. The van der Waals surface area contributed by atoms with Crippen LogP contribution in [-0.4, -0.2) is 22.8 Å². The number of aryl methyl sites for hydroxylation is 1. The van der Waals surface area contributed by atoms with Crippen LogP contribution in [0, 0.1) is 0 Å². The number of hydrogen-bond donors (Lipinski definition) is 2. The van der Waals surface area contributed by atoms with E-state index < -0.39 is 20.6 Å². The van der Waals surface area contributed by atoms with Crippen molar-refractivity contribution in [1.82, 2.24) is 9.78 Å². The van der Waals surface area contributed by atoms with Gasteiger partial charge in [-0.1, -0.05) is 30.3 Å². The Kier molecular flexibility index (Phi) is 2.64. The standard InChI is InChI=1S/C10H10N2O4S/c1-12-10(13)9(17(14,15)16)8(11-12)7-5-3-2-4-6-7/h2-6,11H,1H3,(H,14,15,16). The zero-order valence-electron chi connectivity index (χ0n) is 8.91. The van der Waals surface area contributed by atoms with Crippen molar-refractivity contribution in [2.75, 3.05) is 0 Å². The molecule has 0 saturated carbocycles. The summed E-state index contributed by atoms with van der Waals surface area (Å²) in [5.74, 6) is 0. The summed E-state index contributed by atoms with van der Waals surface area (Å²) in [7, 11) is -3.18. The average Bonchev–Trinajstić information content (AvgIpc) is 2.56. The zero-order valence-corrected chi connectivity index (χ0v) is 9.73. The highest BCUT2D eigenvalue weighted by Crippen LogP contribution is 2.21. The fourth-order valence-corrected chi connectivity index (χ4v) is 2.35. The van der Waals surface area contributed by atoms with Crippen molar-refractivity contribution in [3.05, 3.63) is 40.7 Å². The summed E-state index contributed by atoms with van der Waals surface area (Å²) in [5, 5.41) is 2.60. The largest absolute Gasteiger partial charge is 0.302 e. The number of benzene rings is 1. The number of nitrogens with one attached hydrogen (secondary N) is 1. The Morgan fingerprint density at radius 2 is 1.82 bits per heavy atom. The fourth-order valence-electron chi connectivity index (χ4n) is 1.57. The van der Waals surface area contributed by atoms with E-state index in [-0.39, 0.29) is 5.69 Å². The first-order valence-corrected chi connectivity index (χ1v) is 6.17. The molecule has 0 aliphatic carbocycles. The minimum Gasteiger partial charge on any atom is -0.294 e. The number of nitrogens with zero attached hydrogens (tertiary/aromatic N) is 1. The van der Waals surface area contributed by atoms with E-state index in [0.717, 1.165) is 4.68 Å². The lowest BCUT2D eigenvalue weighted by molar-refractivity contribution is 0.482. The summed E-state index contributed by atoms with van der Waals surface area (Å²) in [5.41, 5.74) is -0.190. The molecule has 0 saturated heterocycles. The summed E-state index contributed by atoms with van der Waals surface area (Å²) >= 11 is 0. The summed E-state index contributed by atoms with van der Waals surface area (Å²) in [6, 6.07) is 8.44. The predicted molar refractivity (Wildman–Crippen MR) is 61.3 cm³/mol. The Morgan fingerprint density at radius 1 is 1.24 bits per heavy atom. The van der Waals surface area contributed by atoms with E-state index in [1.54, 1.807) is 30.3 Å². The molecule has 2 N–H and O–H groups in total. The van der Waals surface area contributed by atoms with Crippen LogP contribution < -0.4 is 5.56 Å². The molecule has 90 valence electrons. The summed E-state index contributed by atoms with van der Waals surface area (Å²) in [6.45, 7) is 0. The van der Waals surface area contributed by atoms with Crippen molar-refractivity contribution in [3.63, 3.8) is 0 Å². The highest BCUT2D eigenvalue weighted by Gasteiger charge is 2.24. The minimum absolute atomic E-state index is 0.0839. The lowest BCUT2D eigenvalue weighted by Gasteiger charge is -1.99. The molecule has 0 spiro atoms. The van der Waals surface area contributed by atoms with Crippen molar-refractivity contribution in [3.8, 4) is 11.3 Å². The Labute approximate surface area is 97.3 Å². The van der Waals surface area contributed by atoms with Crippen LogP contribution in [0.1, 0.15) is 0 Å². The van der Waals surface area contributed by atoms with Gasteiger partial charge in [-0.2, -0.15) is 8.42 Å². The van der Waals surface area contributed by atoms with Crippen LogP contribution in [-0.2, 0) is 17.2 Å². The van der Waals surface area contributed by atoms with Gasteiger partial charge in [-0.25, -0.2) is 0 Å². The van der Waals surface area contributed by atoms with Gasteiger partial charge in [0.1, 0.15) is 0 Å². The molecule has 0 fully saturated rings. The normalized spacial score (nSPS) is 11.6. The fraction of sp³-hybridized carbons (Fsp3) is 0.100. The molecule has 6 nitrogen and oxygen atoms in total. The van der Waals surface area contributed by atoms with Crippen molar-refractivity contribution in [2.45, 2.75) is 4.90 Å². The van der Waals surface area contributed by atoms with E-state index in [4.69, 9.17) is 4.55 Å². The molecule has 17 heavy (non-hydrogen) atoms. The van der Waals surface area contributed by atoms with E-state index in [9.17, 15) is 13.2 Å². The molecule has 0 unspecified atom stereocenters. The highest BCUT2D eigenvalue weighted by atomic mass is 32.2. The molecule has 0 amide bonds. The number of H-pyrrole nitrogens is 1. The van der Waals surface area contributed by atoms with Gasteiger partial charge in [0, 0.05) is 12.6 Å².